The summed E-state index contributed by atoms with van der Waals surface area (Å²) in [5.74, 6) is 1.30. The molecule has 0 bridgehead atoms. The Bertz CT molecular complexity index is 700. The largest absolute Gasteiger partial charge is 0.497 e. The van der Waals surface area contributed by atoms with Crippen LogP contribution in [0.2, 0.25) is 0 Å². The lowest BCUT2D eigenvalue weighted by Gasteiger charge is -2.39. The number of thiophene rings is 1. The summed E-state index contributed by atoms with van der Waals surface area (Å²) in [5.41, 5.74) is 1.06. The lowest BCUT2D eigenvalue weighted by Crippen LogP contribution is -2.60. The molecule has 8 heteroatoms. The average molecular weight is 382 g/mol. The van der Waals surface area contributed by atoms with Gasteiger partial charge in [-0.3, -0.25) is 0 Å². The fraction of sp³-hybridized carbons (Fsp3) is 0.444. The number of hydrogen-bond donors (Lipinski definition) is 4. The van der Waals surface area contributed by atoms with Gasteiger partial charge < -0.3 is 34.6 Å². The van der Waals surface area contributed by atoms with Gasteiger partial charge in [-0.1, -0.05) is 12.1 Å². The van der Waals surface area contributed by atoms with Gasteiger partial charge in [-0.2, -0.15) is 0 Å². The summed E-state index contributed by atoms with van der Waals surface area (Å²) in [6.07, 6.45) is -5.86. The van der Waals surface area contributed by atoms with E-state index in [4.69, 9.17) is 14.2 Å². The number of aliphatic hydroxyl groups excluding tert-OH is 4. The number of ether oxygens (including phenoxy) is 3. The van der Waals surface area contributed by atoms with E-state index in [1.807, 2.05) is 29.6 Å². The van der Waals surface area contributed by atoms with Crippen molar-refractivity contribution in [3.8, 4) is 11.5 Å². The molecule has 3 unspecified atom stereocenters. The smallest absolute Gasteiger partial charge is 0.229 e. The van der Waals surface area contributed by atoms with E-state index in [9.17, 15) is 20.4 Å². The molecule has 26 heavy (non-hydrogen) atoms. The second-order valence-electron chi connectivity index (χ2n) is 6.05. The van der Waals surface area contributed by atoms with Crippen molar-refractivity contribution in [1.29, 1.82) is 0 Å². The number of benzene rings is 1. The van der Waals surface area contributed by atoms with Crippen LogP contribution in [0.1, 0.15) is 10.4 Å². The van der Waals surface area contributed by atoms with Gasteiger partial charge in [0.15, 0.2) is 0 Å². The molecule has 4 N–H and O–H groups in total. The maximum absolute atomic E-state index is 10.1. The van der Waals surface area contributed by atoms with E-state index in [0.717, 1.165) is 16.2 Å². The van der Waals surface area contributed by atoms with Crippen LogP contribution in [0.5, 0.6) is 11.5 Å². The summed E-state index contributed by atoms with van der Waals surface area (Å²) in [4.78, 5) is 0.923. The maximum atomic E-state index is 10.1. The summed E-state index contributed by atoms with van der Waals surface area (Å²) in [6.45, 7) is -0.493. The van der Waals surface area contributed by atoms with Gasteiger partial charge in [0.1, 0.15) is 35.9 Å². The van der Waals surface area contributed by atoms with Crippen LogP contribution in [0, 0.1) is 0 Å². The molecule has 1 saturated heterocycles. The van der Waals surface area contributed by atoms with E-state index in [1.165, 1.54) is 11.3 Å². The molecule has 0 amide bonds. The molecule has 5 atom stereocenters. The maximum Gasteiger partial charge on any atom is 0.229 e. The highest BCUT2D eigenvalue weighted by molar-refractivity contribution is 7.10. The molecule has 0 saturated carbocycles. The van der Waals surface area contributed by atoms with Crippen molar-refractivity contribution in [2.75, 3.05) is 13.7 Å². The monoisotopic (exact) mass is 382 g/mol. The lowest BCUT2D eigenvalue weighted by atomic mass is 9.99. The number of hydrogen-bond acceptors (Lipinski definition) is 8. The zero-order valence-corrected chi connectivity index (χ0v) is 15.0. The van der Waals surface area contributed by atoms with Crippen molar-refractivity contribution in [2.45, 2.75) is 37.1 Å². The highest BCUT2D eigenvalue weighted by atomic mass is 32.1. The third kappa shape index (κ3) is 4.01. The lowest BCUT2D eigenvalue weighted by molar-refractivity contribution is -0.277. The van der Waals surface area contributed by atoms with Gasteiger partial charge in [0.25, 0.3) is 0 Å². The molecule has 1 aliphatic heterocycles. The Morgan fingerprint density at radius 1 is 1.04 bits per heavy atom. The van der Waals surface area contributed by atoms with Crippen LogP contribution in [-0.2, 0) is 11.2 Å². The van der Waals surface area contributed by atoms with Crippen LogP contribution in [0.15, 0.2) is 35.7 Å². The van der Waals surface area contributed by atoms with Crippen molar-refractivity contribution >= 4 is 11.3 Å². The van der Waals surface area contributed by atoms with Crippen LogP contribution < -0.4 is 9.47 Å². The summed E-state index contributed by atoms with van der Waals surface area (Å²) in [6, 6.07) is 9.42. The van der Waals surface area contributed by atoms with Crippen LogP contribution in [-0.4, -0.2) is 64.8 Å². The van der Waals surface area contributed by atoms with E-state index in [1.54, 1.807) is 13.2 Å². The van der Waals surface area contributed by atoms with Gasteiger partial charge in [0.2, 0.25) is 6.29 Å². The number of rotatable bonds is 6. The molecule has 7 nitrogen and oxygen atoms in total. The molecule has 142 valence electrons. The first-order chi connectivity index (χ1) is 12.5. The van der Waals surface area contributed by atoms with Crippen molar-refractivity contribution in [3.05, 3.63) is 46.2 Å². The topological polar surface area (TPSA) is 109 Å². The minimum absolute atomic E-state index is 0.493. The quantitative estimate of drug-likeness (QED) is 0.577. The molecule has 1 aliphatic rings. The van der Waals surface area contributed by atoms with Gasteiger partial charge in [-0.25, -0.2) is 0 Å². The van der Waals surface area contributed by atoms with Crippen molar-refractivity contribution < 1.29 is 34.6 Å². The Balaban J connectivity index is 1.71. The Morgan fingerprint density at radius 2 is 1.77 bits per heavy atom. The fourth-order valence-electron chi connectivity index (χ4n) is 2.78. The number of aliphatic hydroxyl groups is 4. The molecule has 1 fully saturated rings. The first kappa shape index (κ1) is 19.1. The molecule has 1 aromatic heterocycles. The summed E-state index contributed by atoms with van der Waals surface area (Å²) >= 11 is 1.50. The van der Waals surface area contributed by atoms with Gasteiger partial charge in [0, 0.05) is 6.42 Å². The van der Waals surface area contributed by atoms with Crippen molar-refractivity contribution in [2.24, 2.45) is 0 Å². The Morgan fingerprint density at radius 3 is 2.42 bits per heavy atom. The van der Waals surface area contributed by atoms with Gasteiger partial charge in [0.05, 0.1) is 18.6 Å². The van der Waals surface area contributed by atoms with Gasteiger partial charge in [-0.05, 0) is 29.1 Å². The first-order valence-electron chi connectivity index (χ1n) is 8.20. The molecular weight excluding hydrogens is 360 g/mol. The summed E-state index contributed by atoms with van der Waals surface area (Å²) < 4.78 is 16.3. The first-order valence-corrected chi connectivity index (χ1v) is 9.08. The molecule has 0 spiro atoms. The van der Waals surface area contributed by atoms with Crippen LogP contribution in [0.3, 0.4) is 0 Å². The highest BCUT2D eigenvalue weighted by Gasteiger charge is 2.44. The predicted molar refractivity (Wildman–Crippen MR) is 94.5 cm³/mol. The normalized spacial score (nSPS) is 28.7. The molecule has 0 radical (unpaired) electrons. The summed E-state index contributed by atoms with van der Waals surface area (Å²) in [5, 5.41) is 40.9. The fourth-order valence-corrected chi connectivity index (χ4v) is 3.62. The minimum Gasteiger partial charge on any atom is -0.497 e. The SMILES string of the molecule is COc1ccc(Cc2sccc2OC2OC(CO)[C@H](O)C(O)[C@@H]2O)cc1. The Kier molecular flexibility index (Phi) is 6.13. The molecule has 2 aromatic rings. The number of methoxy groups -OCH3 is 1. The zero-order valence-electron chi connectivity index (χ0n) is 14.2. The van der Waals surface area contributed by atoms with Gasteiger partial charge >= 0.3 is 0 Å². The van der Waals surface area contributed by atoms with Crippen molar-refractivity contribution in [3.63, 3.8) is 0 Å². The predicted octanol–water partition coefficient (Wildman–Crippen LogP) is 0.526. The van der Waals surface area contributed by atoms with E-state index < -0.39 is 37.3 Å². The molecular formula is C18H22O7S. The van der Waals surface area contributed by atoms with Crippen LogP contribution in [0.4, 0.5) is 0 Å². The van der Waals surface area contributed by atoms with Crippen molar-refractivity contribution in [1.82, 2.24) is 0 Å². The van der Waals surface area contributed by atoms with E-state index in [0.29, 0.717) is 12.2 Å². The molecule has 2 heterocycles. The van der Waals surface area contributed by atoms with Crippen LogP contribution in [0.25, 0.3) is 0 Å². The third-order valence-electron chi connectivity index (χ3n) is 4.32. The van der Waals surface area contributed by atoms with Gasteiger partial charge in [-0.15, -0.1) is 11.3 Å². The third-order valence-corrected chi connectivity index (χ3v) is 5.22. The average Bonchev–Trinajstić information content (AvgIpc) is 3.09. The highest BCUT2D eigenvalue weighted by Crippen LogP contribution is 2.31. The van der Waals surface area contributed by atoms with E-state index >= 15 is 0 Å². The zero-order chi connectivity index (χ0) is 18.7. The Labute approximate surface area is 155 Å². The molecule has 3 rings (SSSR count). The second kappa shape index (κ2) is 8.34. The van der Waals surface area contributed by atoms with E-state index in [-0.39, 0.29) is 0 Å². The Hall–Kier alpha value is -1.68. The second-order valence-corrected chi connectivity index (χ2v) is 7.05. The standard InChI is InChI=1S/C18H22O7S/c1-23-11-4-2-10(3-5-11)8-14-12(6-7-26-14)24-18-17(22)16(21)15(20)13(9-19)25-18/h2-7,13,15-22H,8-9H2,1H3/t13?,15-,16?,17-,18?/m0/s1. The summed E-state index contributed by atoms with van der Waals surface area (Å²) in [7, 11) is 1.61. The molecule has 0 aliphatic carbocycles. The minimum atomic E-state index is -1.46. The molecule has 1 aromatic carbocycles. The van der Waals surface area contributed by atoms with E-state index in [2.05, 4.69) is 0 Å². The van der Waals surface area contributed by atoms with Crippen LogP contribution >= 0.6 is 11.3 Å².